The molecule has 0 aliphatic rings. The number of aliphatic imine (C=N–C) groups is 1. The van der Waals surface area contributed by atoms with Gasteiger partial charge in [0.2, 0.25) is 0 Å². The molecule has 0 saturated carbocycles. The van der Waals surface area contributed by atoms with Crippen molar-refractivity contribution < 1.29 is 0 Å². The Morgan fingerprint density at radius 1 is 1.19 bits per heavy atom. The highest BCUT2D eigenvalue weighted by molar-refractivity contribution is 5.79. The van der Waals surface area contributed by atoms with E-state index in [0.717, 1.165) is 37.5 Å². The molecule has 0 radical (unpaired) electrons. The van der Waals surface area contributed by atoms with Gasteiger partial charge in [-0.3, -0.25) is 9.67 Å². The fourth-order valence-electron chi connectivity index (χ4n) is 2.11. The zero-order chi connectivity index (χ0) is 14.9. The number of hydrogen-bond donors (Lipinski definition) is 2. The lowest BCUT2D eigenvalue weighted by Gasteiger charge is -2.11. The van der Waals surface area contributed by atoms with Crippen molar-refractivity contribution in [2.24, 2.45) is 12.0 Å². The number of aromatic nitrogens is 2. The molecule has 2 rings (SSSR count). The first-order valence-corrected chi connectivity index (χ1v) is 7.24. The number of aryl methyl sites for hydroxylation is 2. The van der Waals surface area contributed by atoms with Crippen LogP contribution in [0, 0.1) is 0 Å². The summed E-state index contributed by atoms with van der Waals surface area (Å²) in [6, 6.07) is 10.5. The summed E-state index contributed by atoms with van der Waals surface area (Å²) in [5.41, 5.74) is 2.52. The van der Waals surface area contributed by atoms with Crippen molar-refractivity contribution >= 4 is 5.96 Å². The van der Waals surface area contributed by atoms with E-state index >= 15 is 0 Å². The molecule has 0 amide bonds. The van der Waals surface area contributed by atoms with Crippen LogP contribution in [0.1, 0.15) is 17.5 Å². The van der Waals surface area contributed by atoms with Crippen molar-refractivity contribution in [2.75, 3.05) is 13.6 Å². The van der Waals surface area contributed by atoms with Gasteiger partial charge in [0.05, 0.1) is 6.20 Å². The number of hydrogen-bond acceptors (Lipinski definition) is 2. The van der Waals surface area contributed by atoms with Crippen LogP contribution in [0.15, 0.2) is 47.7 Å². The summed E-state index contributed by atoms with van der Waals surface area (Å²) in [7, 11) is 3.70. The summed E-state index contributed by atoms with van der Waals surface area (Å²) < 4.78 is 1.80. The van der Waals surface area contributed by atoms with Gasteiger partial charge < -0.3 is 10.6 Å². The molecule has 1 aromatic carbocycles. The molecule has 2 N–H and O–H groups in total. The predicted molar refractivity (Wildman–Crippen MR) is 86.2 cm³/mol. The van der Waals surface area contributed by atoms with Crippen molar-refractivity contribution in [2.45, 2.75) is 19.4 Å². The van der Waals surface area contributed by atoms with E-state index in [4.69, 9.17) is 0 Å². The molecule has 1 aromatic heterocycles. The van der Waals surface area contributed by atoms with Gasteiger partial charge >= 0.3 is 0 Å². The van der Waals surface area contributed by atoms with E-state index in [1.807, 2.05) is 25.5 Å². The Bertz CT molecular complexity index is 559. The summed E-state index contributed by atoms with van der Waals surface area (Å²) in [5, 5.41) is 10.8. The summed E-state index contributed by atoms with van der Waals surface area (Å²) in [6.45, 7) is 1.63. The van der Waals surface area contributed by atoms with E-state index < -0.39 is 0 Å². The van der Waals surface area contributed by atoms with Gasteiger partial charge in [0, 0.05) is 38.9 Å². The smallest absolute Gasteiger partial charge is 0.191 e. The maximum atomic E-state index is 4.22. The Morgan fingerprint density at radius 3 is 2.67 bits per heavy atom. The lowest BCUT2D eigenvalue weighted by atomic mass is 10.1. The fourth-order valence-corrected chi connectivity index (χ4v) is 2.11. The molecule has 0 aliphatic heterocycles. The third-order valence-electron chi connectivity index (χ3n) is 3.22. The van der Waals surface area contributed by atoms with Gasteiger partial charge in [-0.25, -0.2) is 0 Å². The van der Waals surface area contributed by atoms with E-state index in [-0.39, 0.29) is 0 Å². The molecule has 5 nitrogen and oxygen atoms in total. The second-order valence-electron chi connectivity index (χ2n) is 4.96. The van der Waals surface area contributed by atoms with E-state index in [2.05, 4.69) is 45.0 Å². The molecule has 1 heterocycles. The van der Waals surface area contributed by atoms with Gasteiger partial charge in [0.1, 0.15) is 0 Å². The molecule has 0 bridgehead atoms. The number of benzene rings is 1. The molecule has 21 heavy (non-hydrogen) atoms. The Labute approximate surface area is 126 Å². The highest BCUT2D eigenvalue weighted by atomic mass is 15.2. The zero-order valence-electron chi connectivity index (χ0n) is 12.7. The predicted octanol–water partition coefficient (Wildman–Crippen LogP) is 1.72. The van der Waals surface area contributed by atoms with Gasteiger partial charge in [-0.05, 0) is 18.4 Å². The Kier molecular flexibility index (Phi) is 5.82. The molecule has 0 saturated heterocycles. The minimum Gasteiger partial charge on any atom is -0.356 e. The van der Waals surface area contributed by atoms with E-state index in [9.17, 15) is 0 Å². The molecular formula is C16H23N5. The SMILES string of the molecule is CN=C(NCCCc1ccccc1)NCc1cnn(C)c1. The van der Waals surface area contributed by atoms with Crippen LogP contribution in [0.4, 0.5) is 0 Å². The number of guanidine groups is 1. The molecule has 0 unspecified atom stereocenters. The third kappa shape index (κ3) is 5.30. The maximum absolute atomic E-state index is 4.22. The third-order valence-corrected chi connectivity index (χ3v) is 3.22. The van der Waals surface area contributed by atoms with Crippen molar-refractivity contribution in [1.29, 1.82) is 0 Å². The molecule has 112 valence electrons. The van der Waals surface area contributed by atoms with Crippen LogP contribution in [0.25, 0.3) is 0 Å². The fraction of sp³-hybridized carbons (Fsp3) is 0.375. The van der Waals surface area contributed by atoms with Crippen LogP contribution < -0.4 is 10.6 Å². The second-order valence-corrected chi connectivity index (χ2v) is 4.96. The lowest BCUT2D eigenvalue weighted by Crippen LogP contribution is -2.37. The summed E-state index contributed by atoms with van der Waals surface area (Å²) in [5.74, 6) is 0.826. The van der Waals surface area contributed by atoms with Gasteiger partial charge in [-0.1, -0.05) is 30.3 Å². The first-order valence-electron chi connectivity index (χ1n) is 7.24. The first-order chi connectivity index (χ1) is 10.3. The van der Waals surface area contributed by atoms with Crippen LogP contribution >= 0.6 is 0 Å². The molecule has 2 aromatic rings. The van der Waals surface area contributed by atoms with Crippen LogP contribution in [0.2, 0.25) is 0 Å². The molecule has 0 fully saturated rings. The minimum atomic E-state index is 0.728. The summed E-state index contributed by atoms with van der Waals surface area (Å²) in [6.07, 6.45) is 6.01. The van der Waals surface area contributed by atoms with Crippen LogP contribution in [0.3, 0.4) is 0 Å². The summed E-state index contributed by atoms with van der Waals surface area (Å²) >= 11 is 0. The lowest BCUT2D eigenvalue weighted by molar-refractivity contribution is 0.741. The normalized spacial score (nSPS) is 11.4. The first kappa shape index (κ1) is 15.1. The van der Waals surface area contributed by atoms with E-state index in [0.29, 0.717) is 0 Å². The number of nitrogens with one attached hydrogen (secondary N) is 2. The highest BCUT2D eigenvalue weighted by Crippen LogP contribution is 2.01. The Morgan fingerprint density at radius 2 is 2.00 bits per heavy atom. The van der Waals surface area contributed by atoms with Gasteiger partial charge in [0.15, 0.2) is 5.96 Å². The van der Waals surface area contributed by atoms with Gasteiger partial charge in [-0.2, -0.15) is 5.10 Å². The molecule has 0 spiro atoms. The summed E-state index contributed by atoms with van der Waals surface area (Å²) in [4.78, 5) is 4.22. The quantitative estimate of drug-likeness (QED) is 0.483. The maximum Gasteiger partial charge on any atom is 0.191 e. The van der Waals surface area contributed by atoms with Gasteiger partial charge in [-0.15, -0.1) is 0 Å². The van der Waals surface area contributed by atoms with Crippen LogP contribution in [-0.4, -0.2) is 29.3 Å². The molecule has 0 aliphatic carbocycles. The second kappa shape index (κ2) is 8.09. The molecular weight excluding hydrogens is 262 g/mol. The van der Waals surface area contributed by atoms with Crippen molar-refractivity contribution in [3.05, 3.63) is 53.9 Å². The van der Waals surface area contributed by atoms with Crippen LogP contribution in [0.5, 0.6) is 0 Å². The van der Waals surface area contributed by atoms with Crippen LogP contribution in [-0.2, 0) is 20.0 Å². The molecule has 0 atom stereocenters. The van der Waals surface area contributed by atoms with E-state index in [1.54, 1.807) is 11.7 Å². The monoisotopic (exact) mass is 285 g/mol. The minimum absolute atomic E-state index is 0.728. The molecule has 5 heteroatoms. The van der Waals surface area contributed by atoms with Crippen molar-refractivity contribution in [1.82, 2.24) is 20.4 Å². The topological polar surface area (TPSA) is 54.2 Å². The van der Waals surface area contributed by atoms with Crippen molar-refractivity contribution in [3.8, 4) is 0 Å². The average Bonchev–Trinajstić information content (AvgIpc) is 2.93. The average molecular weight is 285 g/mol. The highest BCUT2D eigenvalue weighted by Gasteiger charge is 2.00. The largest absolute Gasteiger partial charge is 0.356 e. The van der Waals surface area contributed by atoms with Gasteiger partial charge in [0.25, 0.3) is 0 Å². The Balaban J connectivity index is 1.66. The van der Waals surface area contributed by atoms with E-state index in [1.165, 1.54) is 5.56 Å². The van der Waals surface area contributed by atoms with Crippen molar-refractivity contribution in [3.63, 3.8) is 0 Å². The number of rotatable bonds is 6. The number of nitrogens with zero attached hydrogens (tertiary/aromatic N) is 3. The zero-order valence-corrected chi connectivity index (χ0v) is 12.7. The standard InChI is InChI=1S/C16H23N5/c1-17-16(19-11-15-12-20-21(2)13-15)18-10-6-9-14-7-4-3-5-8-14/h3-5,7-8,12-13H,6,9-11H2,1-2H3,(H2,17,18,19). The Hall–Kier alpha value is -2.30.